The van der Waals surface area contributed by atoms with Crippen LogP contribution in [0.1, 0.15) is 57.9 Å². The molecule has 1 spiro atoms. The Hall–Kier alpha value is -2.90. The minimum atomic E-state index is -0.957. The van der Waals surface area contributed by atoms with Gasteiger partial charge in [0.05, 0.1) is 0 Å². The number of nitrogens with zero attached hydrogens (tertiary/aromatic N) is 2. The Morgan fingerprint density at radius 3 is 2.50 bits per heavy atom. The highest BCUT2D eigenvalue weighted by atomic mass is 16.5. The van der Waals surface area contributed by atoms with E-state index in [1.54, 1.807) is 11.8 Å². The van der Waals surface area contributed by atoms with Crippen molar-refractivity contribution in [1.29, 1.82) is 0 Å². The zero-order chi connectivity index (χ0) is 24.3. The monoisotopic (exact) mass is 469 g/mol. The number of esters is 1. The molecule has 0 bridgehead atoms. The number of likely N-dealkylation sites (tertiary alicyclic amines) is 1. The number of rotatable bonds is 6. The van der Waals surface area contributed by atoms with Crippen molar-refractivity contribution in [2.24, 2.45) is 11.8 Å². The predicted molar refractivity (Wildman–Crippen MR) is 126 cm³/mol. The number of ether oxygens (including phenoxy) is 1. The average Bonchev–Trinajstić information content (AvgIpc) is 3.06. The first-order chi connectivity index (χ1) is 16.3. The highest BCUT2D eigenvalue weighted by Gasteiger charge is 2.55. The summed E-state index contributed by atoms with van der Waals surface area (Å²) < 4.78 is 5.35. The topological polar surface area (TPSA) is 96.0 Å². The number of urea groups is 1. The van der Waals surface area contributed by atoms with Crippen LogP contribution in [0.3, 0.4) is 0 Å². The van der Waals surface area contributed by atoms with Crippen molar-refractivity contribution in [3.63, 3.8) is 0 Å². The van der Waals surface area contributed by atoms with Gasteiger partial charge in [-0.25, -0.2) is 4.79 Å². The van der Waals surface area contributed by atoms with Gasteiger partial charge in [0.2, 0.25) is 0 Å². The maximum atomic E-state index is 13.0. The van der Waals surface area contributed by atoms with E-state index in [4.69, 9.17) is 4.74 Å². The van der Waals surface area contributed by atoms with Gasteiger partial charge in [0.25, 0.3) is 11.8 Å². The molecule has 1 saturated carbocycles. The molecule has 1 N–H and O–H groups in total. The first-order valence-corrected chi connectivity index (χ1v) is 12.5. The van der Waals surface area contributed by atoms with Crippen LogP contribution in [0.15, 0.2) is 30.3 Å². The van der Waals surface area contributed by atoms with Gasteiger partial charge < -0.3 is 15.0 Å². The number of hydrogen-bond donors (Lipinski definition) is 1. The highest BCUT2D eigenvalue weighted by molar-refractivity contribution is 6.09. The van der Waals surface area contributed by atoms with Crippen molar-refractivity contribution < 1.29 is 23.9 Å². The second-order valence-electron chi connectivity index (χ2n) is 10.0. The lowest BCUT2D eigenvalue weighted by molar-refractivity contribution is -0.161. The van der Waals surface area contributed by atoms with Gasteiger partial charge in [-0.05, 0) is 56.4 Å². The molecule has 2 saturated heterocycles. The summed E-state index contributed by atoms with van der Waals surface area (Å²) in [5.74, 6) is -0.798. The molecule has 184 valence electrons. The number of amides is 4. The molecule has 8 nitrogen and oxygen atoms in total. The normalized spacial score (nSPS) is 26.5. The molecule has 8 heteroatoms. The van der Waals surface area contributed by atoms with Crippen LogP contribution in [0, 0.1) is 11.8 Å². The third kappa shape index (κ3) is 4.95. The number of carbonyl (C=O) groups excluding carboxylic acids is 4. The highest BCUT2D eigenvalue weighted by Crippen LogP contribution is 2.38. The Morgan fingerprint density at radius 2 is 1.82 bits per heavy atom. The van der Waals surface area contributed by atoms with Crippen molar-refractivity contribution >= 4 is 23.8 Å². The fourth-order valence-electron chi connectivity index (χ4n) is 5.61. The maximum Gasteiger partial charge on any atom is 0.327 e. The number of hydrogen-bond acceptors (Lipinski definition) is 5. The molecule has 3 aliphatic rings. The standard InChI is InChI=1S/C26H35N3O5/c1-18-8-6-7-13-26(18)24(32)29(25(33)27-26)17-22(30)34-19(2)23(31)28-14-11-21(12-15-28)16-20-9-4-3-5-10-20/h3-5,9-10,18-19,21H,6-8,11-17H2,1-2H3,(H,27,33). The van der Waals surface area contributed by atoms with Crippen LogP contribution in [0.5, 0.6) is 0 Å². The third-order valence-electron chi connectivity index (χ3n) is 7.74. The van der Waals surface area contributed by atoms with Crippen molar-refractivity contribution in [3.05, 3.63) is 35.9 Å². The zero-order valence-corrected chi connectivity index (χ0v) is 20.1. The van der Waals surface area contributed by atoms with E-state index in [0.717, 1.165) is 43.4 Å². The summed E-state index contributed by atoms with van der Waals surface area (Å²) in [7, 11) is 0. The Bertz CT molecular complexity index is 928. The van der Waals surface area contributed by atoms with Crippen molar-refractivity contribution in [2.45, 2.75) is 70.4 Å². The number of carbonyl (C=O) groups is 4. The van der Waals surface area contributed by atoms with Gasteiger partial charge in [-0.3, -0.25) is 19.3 Å². The second kappa shape index (κ2) is 10.2. The lowest BCUT2D eigenvalue weighted by atomic mass is 9.73. The molecule has 3 unspecified atom stereocenters. The first kappa shape index (κ1) is 24.2. The van der Waals surface area contributed by atoms with Crippen LogP contribution in [-0.4, -0.2) is 64.9 Å². The molecule has 2 heterocycles. The van der Waals surface area contributed by atoms with Gasteiger partial charge >= 0.3 is 12.0 Å². The molecule has 1 aliphatic carbocycles. The molecule has 1 aromatic carbocycles. The molecule has 4 amide bonds. The molecule has 2 aliphatic heterocycles. The van der Waals surface area contributed by atoms with Gasteiger partial charge in [0, 0.05) is 13.1 Å². The van der Waals surface area contributed by atoms with Crippen LogP contribution in [0.2, 0.25) is 0 Å². The summed E-state index contributed by atoms with van der Waals surface area (Å²) in [5, 5.41) is 2.83. The van der Waals surface area contributed by atoms with Gasteiger partial charge in [-0.15, -0.1) is 0 Å². The minimum Gasteiger partial charge on any atom is -0.451 e. The third-order valence-corrected chi connectivity index (χ3v) is 7.74. The average molecular weight is 470 g/mol. The number of nitrogens with one attached hydrogen (secondary N) is 1. The Balaban J connectivity index is 1.25. The number of imide groups is 1. The molecule has 0 radical (unpaired) electrons. The van der Waals surface area contributed by atoms with Crippen LogP contribution >= 0.6 is 0 Å². The van der Waals surface area contributed by atoms with E-state index < -0.39 is 30.2 Å². The van der Waals surface area contributed by atoms with Gasteiger partial charge in [-0.1, -0.05) is 50.1 Å². The van der Waals surface area contributed by atoms with E-state index in [0.29, 0.717) is 25.4 Å². The quantitative estimate of drug-likeness (QED) is 0.511. The molecular weight excluding hydrogens is 434 g/mol. The fourth-order valence-corrected chi connectivity index (χ4v) is 5.61. The predicted octanol–water partition coefficient (Wildman–Crippen LogP) is 2.90. The van der Waals surface area contributed by atoms with E-state index in [-0.39, 0.29) is 17.7 Å². The molecule has 1 aromatic rings. The van der Waals surface area contributed by atoms with E-state index in [2.05, 4.69) is 17.4 Å². The van der Waals surface area contributed by atoms with Gasteiger partial charge in [0.1, 0.15) is 12.1 Å². The molecule has 3 atom stereocenters. The Morgan fingerprint density at radius 1 is 1.12 bits per heavy atom. The maximum absolute atomic E-state index is 13.0. The fraction of sp³-hybridized carbons (Fsp3) is 0.615. The minimum absolute atomic E-state index is 0.0176. The van der Waals surface area contributed by atoms with Crippen LogP contribution in [0.4, 0.5) is 4.79 Å². The molecule has 0 aromatic heterocycles. The van der Waals surface area contributed by atoms with Gasteiger partial charge in [-0.2, -0.15) is 0 Å². The van der Waals surface area contributed by atoms with Crippen molar-refractivity contribution in [1.82, 2.24) is 15.1 Å². The van der Waals surface area contributed by atoms with E-state index in [1.165, 1.54) is 5.56 Å². The van der Waals surface area contributed by atoms with E-state index in [9.17, 15) is 19.2 Å². The van der Waals surface area contributed by atoms with E-state index >= 15 is 0 Å². The van der Waals surface area contributed by atoms with Crippen LogP contribution < -0.4 is 5.32 Å². The van der Waals surface area contributed by atoms with E-state index in [1.807, 2.05) is 25.1 Å². The molecule has 34 heavy (non-hydrogen) atoms. The summed E-state index contributed by atoms with van der Waals surface area (Å²) in [6.07, 6.45) is 5.19. The van der Waals surface area contributed by atoms with Crippen molar-refractivity contribution in [2.75, 3.05) is 19.6 Å². The smallest absolute Gasteiger partial charge is 0.327 e. The van der Waals surface area contributed by atoms with Crippen molar-refractivity contribution in [3.8, 4) is 0 Å². The lowest BCUT2D eigenvalue weighted by Crippen LogP contribution is -2.54. The largest absolute Gasteiger partial charge is 0.451 e. The summed E-state index contributed by atoms with van der Waals surface area (Å²) in [6, 6.07) is 9.78. The summed E-state index contributed by atoms with van der Waals surface area (Å²) in [5.41, 5.74) is 0.390. The summed E-state index contributed by atoms with van der Waals surface area (Å²) >= 11 is 0. The molecule has 4 rings (SSSR count). The summed E-state index contributed by atoms with van der Waals surface area (Å²) in [4.78, 5) is 53.6. The SMILES string of the molecule is CC(OC(=O)CN1C(=O)NC2(CCCCC2C)C1=O)C(=O)N1CCC(Cc2ccccc2)CC1. The van der Waals surface area contributed by atoms with Gasteiger partial charge in [0.15, 0.2) is 6.10 Å². The number of piperidine rings is 1. The molecular formula is C26H35N3O5. The molecule has 3 fully saturated rings. The second-order valence-corrected chi connectivity index (χ2v) is 10.0. The number of benzene rings is 1. The zero-order valence-electron chi connectivity index (χ0n) is 20.1. The van der Waals surface area contributed by atoms with Crippen LogP contribution in [0.25, 0.3) is 0 Å². The van der Waals surface area contributed by atoms with Crippen LogP contribution in [-0.2, 0) is 25.5 Å². The Labute approximate surface area is 201 Å². The summed E-state index contributed by atoms with van der Waals surface area (Å²) in [6.45, 7) is 4.29. The first-order valence-electron chi connectivity index (χ1n) is 12.5. The lowest BCUT2D eigenvalue weighted by Gasteiger charge is -2.36. The Kier molecular flexibility index (Phi) is 7.24.